The quantitative estimate of drug-likeness (QED) is 0.670. The SMILES string of the molecule is S=C1OC2(CCc3oc(=S)oc3C23OC(=S)O3)O1. The maximum Gasteiger partial charge on any atom is 0.400 e. The molecular formula is C9H4O6S3. The van der Waals surface area contributed by atoms with E-state index in [2.05, 4.69) is 0 Å². The summed E-state index contributed by atoms with van der Waals surface area (Å²) in [6, 6.07) is 0. The van der Waals surface area contributed by atoms with E-state index < -0.39 is 11.6 Å². The third-order valence-corrected chi connectivity index (χ3v) is 3.58. The van der Waals surface area contributed by atoms with Gasteiger partial charge in [-0.2, -0.15) is 0 Å². The number of rotatable bonds is 0. The first kappa shape index (κ1) is 10.7. The summed E-state index contributed by atoms with van der Waals surface area (Å²) in [5, 5.41) is 0.0134. The number of thiocarbonyl (C=S) groups is 2. The molecule has 2 aliphatic heterocycles. The summed E-state index contributed by atoms with van der Waals surface area (Å²) in [6.45, 7) is 0. The van der Waals surface area contributed by atoms with Gasteiger partial charge in [0.1, 0.15) is 0 Å². The van der Waals surface area contributed by atoms with Gasteiger partial charge in [-0.15, -0.1) is 0 Å². The Hall–Kier alpha value is -1.19. The highest BCUT2D eigenvalue weighted by Gasteiger charge is 2.78. The lowest BCUT2D eigenvalue weighted by Gasteiger charge is -2.55. The molecule has 0 aromatic carbocycles. The number of aryl methyl sites for hydroxylation is 1. The van der Waals surface area contributed by atoms with Crippen molar-refractivity contribution in [2.75, 3.05) is 0 Å². The lowest BCUT2D eigenvalue weighted by Crippen LogP contribution is -2.72. The predicted octanol–water partition coefficient (Wildman–Crippen LogP) is 2.06. The number of hydrogen-bond acceptors (Lipinski definition) is 9. The number of hydrogen-bond donors (Lipinski definition) is 0. The fourth-order valence-electron chi connectivity index (χ4n) is 2.34. The van der Waals surface area contributed by atoms with Gasteiger partial charge in [-0.1, -0.05) is 0 Å². The summed E-state index contributed by atoms with van der Waals surface area (Å²) >= 11 is 14.4. The normalized spacial score (nSPS) is 25.1. The Morgan fingerprint density at radius 3 is 2.17 bits per heavy atom. The van der Waals surface area contributed by atoms with Crippen LogP contribution in [0.1, 0.15) is 17.9 Å². The van der Waals surface area contributed by atoms with Gasteiger partial charge in [0.25, 0.3) is 0 Å². The molecule has 1 aromatic rings. The van der Waals surface area contributed by atoms with Crippen molar-refractivity contribution in [3.8, 4) is 0 Å². The third kappa shape index (κ3) is 1.05. The Morgan fingerprint density at radius 2 is 1.56 bits per heavy atom. The second-order valence-electron chi connectivity index (χ2n) is 3.98. The van der Waals surface area contributed by atoms with Crippen LogP contribution in [0.3, 0.4) is 0 Å². The molecule has 1 aliphatic carbocycles. The maximum atomic E-state index is 5.41. The highest BCUT2D eigenvalue weighted by molar-refractivity contribution is 7.80. The summed E-state index contributed by atoms with van der Waals surface area (Å²) in [6.07, 6.45) is 0.944. The molecule has 9 heteroatoms. The monoisotopic (exact) mass is 304 g/mol. The van der Waals surface area contributed by atoms with Crippen LogP contribution in [0.15, 0.2) is 8.83 Å². The topological polar surface area (TPSA) is 63.2 Å². The Labute approximate surface area is 116 Å². The molecule has 0 amide bonds. The molecule has 0 bridgehead atoms. The van der Waals surface area contributed by atoms with Crippen molar-refractivity contribution in [3.05, 3.63) is 16.4 Å². The van der Waals surface area contributed by atoms with Crippen LogP contribution in [0, 0.1) is 4.90 Å². The fourth-order valence-corrected chi connectivity index (χ4v) is 3.03. The van der Waals surface area contributed by atoms with Crippen LogP contribution in [0.25, 0.3) is 0 Å². The molecule has 2 fully saturated rings. The van der Waals surface area contributed by atoms with Crippen LogP contribution < -0.4 is 0 Å². The molecule has 1 aromatic heterocycles. The van der Waals surface area contributed by atoms with Crippen molar-refractivity contribution < 1.29 is 27.8 Å². The minimum absolute atomic E-state index is 0.0108. The van der Waals surface area contributed by atoms with Crippen molar-refractivity contribution in [1.29, 1.82) is 0 Å². The summed E-state index contributed by atoms with van der Waals surface area (Å²) < 4.78 is 32.2. The average molecular weight is 304 g/mol. The van der Waals surface area contributed by atoms with Crippen molar-refractivity contribution in [3.63, 3.8) is 0 Å². The zero-order valence-corrected chi connectivity index (χ0v) is 11.0. The Kier molecular flexibility index (Phi) is 1.80. The van der Waals surface area contributed by atoms with Gasteiger partial charge in [0.05, 0.1) is 0 Å². The first-order valence-electron chi connectivity index (χ1n) is 5.02. The molecule has 3 aliphatic rings. The van der Waals surface area contributed by atoms with Crippen LogP contribution in [0.2, 0.25) is 0 Å². The molecule has 0 radical (unpaired) electrons. The molecule has 2 spiro atoms. The smallest absolute Gasteiger partial charge is 0.400 e. The fraction of sp³-hybridized carbons (Fsp3) is 0.444. The van der Waals surface area contributed by atoms with E-state index in [9.17, 15) is 0 Å². The lowest BCUT2D eigenvalue weighted by atomic mass is 9.87. The van der Waals surface area contributed by atoms with Crippen LogP contribution >= 0.6 is 36.7 Å². The highest BCUT2D eigenvalue weighted by Crippen LogP contribution is 2.57. The molecule has 2 saturated heterocycles. The molecule has 94 valence electrons. The van der Waals surface area contributed by atoms with Gasteiger partial charge in [0.2, 0.25) is 5.76 Å². The summed E-state index contributed by atoms with van der Waals surface area (Å²) in [5.41, 5.74) is 0. The van der Waals surface area contributed by atoms with Gasteiger partial charge in [-0.25, -0.2) is 0 Å². The first-order valence-corrected chi connectivity index (χ1v) is 6.24. The zero-order valence-electron chi connectivity index (χ0n) is 8.59. The van der Waals surface area contributed by atoms with E-state index in [0.717, 1.165) is 0 Å². The largest absolute Gasteiger partial charge is 0.418 e. The molecule has 0 atom stereocenters. The van der Waals surface area contributed by atoms with Crippen LogP contribution in [0.5, 0.6) is 0 Å². The summed E-state index contributed by atoms with van der Waals surface area (Å²) in [7, 11) is 0. The van der Waals surface area contributed by atoms with E-state index in [1.807, 2.05) is 0 Å². The minimum Gasteiger partial charge on any atom is -0.418 e. The number of ether oxygens (including phenoxy) is 4. The van der Waals surface area contributed by atoms with Gasteiger partial charge in [-0.3, -0.25) is 0 Å². The van der Waals surface area contributed by atoms with Gasteiger partial charge in [0.15, 0.2) is 5.76 Å². The van der Waals surface area contributed by atoms with Gasteiger partial charge in [-0.05, 0) is 0 Å². The van der Waals surface area contributed by atoms with E-state index in [1.165, 1.54) is 0 Å². The van der Waals surface area contributed by atoms with Crippen molar-refractivity contribution >= 4 is 47.1 Å². The standard InChI is InChI=1S/C9H4O6S3/c16-5-10-3-1-2-8(12-6(17)13-8)9(4(3)11-5)14-7(18)15-9/h1-2H2. The van der Waals surface area contributed by atoms with Gasteiger partial charge < -0.3 is 27.8 Å². The third-order valence-electron chi connectivity index (χ3n) is 3.08. The van der Waals surface area contributed by atoms with E-state index in [-0.39, 0.29) is 21.1 Å². The highest BCUT2D eigenvalue weighted by atomic mass is 32.1. The molecular weight excluding hydrogens is 300 g/mol. The van der Waals surface area contributed by atoms with E-state index >= 15 is 0 Å². The molecule has 6 nitrogen and oxygen atoms in total. The Bertz CT molecular complexity index is 627. The second-order valence-corrected chi connectivity index (χ2v) is 4.98. The van der Waals surface area contributed by atoms with Crippen molar-refractivity contribution in [2.45, 2.75) is 24.4 Å². The van der Waals surface area contributed by atoms with Crippen LogP contribution in [-0.4, -0.2) is 16.3 Å². The van der Waals surface area contributed by atoms with Crippen LogP contribution in [0.4, 0.5) is 0 Å². The van der Waals surface area contributed by atoms with Crippen molar-refractivity contribution in [1.82, 2.24) is 0 Å². The molecule has 3 heterocycles. The van der Waals surface area contributed by atoms with Gasteiger partial charge in [0, 0.05) is 49.5 Å². The average Bonchev–Trinajstić information content (AvgIpc) is 2.59. The molecule has 4 rings (SSSR count). The Morgan fingerprint density at radius 1 is 0.889 bits per heavy atom. The minimum atomic E-state index is -1.40. The lowest BCUT2D eigenvalue weighted by molar-refractivity contribution is -0.438. The van der Waals surface area contributed by atoms with Crippen molar-refractivity contribution in [2.24, 2.45) is 0 Å². The molecule has 18 heavy (non-hydrogen) atoms. The summed E-state index contributed by atoms with van der Waals surface area (Å²) in [4.78, 5) is -0.0108. The number of fused-ring (bicyclic) bond motifs is 3. The second kappa shape index (κ2) is 3.03. The van der Waals surface area contributed by atoms with Crippen LogP contribution in [-0.2, 0) is 31.2 Å². The maximum absolute atomic E-state index is 5.41. The first-order chi connectivity index (χ1) is 8.55. The zero-order chi connectivity index (χ0) is 12.5. The van der Waals surface area contributed by atoms with E-state index in [1.54, 1.807) is 0 Å². The molecule has 0 saturated carbocycles. The van der Waals surface area contributed by atoms with E-state index in [0.29, 0.717) is 18.6 Å². The van der Waals surface area contributed by atoms with Gasteiger partial charge >= 0.3 is 27.0 Å². The summed E-state index contributed by atoms with van der Waals surface area (Å²) in [5.74, 6) is -1.75. The molecule has 0 N–H and O–H groups in total. The molecule has 0 unspecified atom stereocenters. The predicted molar refractivity (Wildman–Crippen MR) is 64.1 cm³/mol. The van der Waals surface area contributed by atoms with E-state index in [4.69, 9.17) is 64.4 Å². The Balaban J connectivity index is 1.88.